The van der Waals surface area contributed by atoms with E-state index in [0.29, 0.717) is 17.5 Å². The van der Waals surface area contributed by atoms with E-state index in [2.05, 4.69) is 22.1 Å². The normalized spacial score (nSPS) is 21.1. The number of aliphatic carboxylic acids is 1. The van der Waals surface area contributed by atoms with Gasteiger partial charge in [-0.1, -0.05) is 5.16 Å². The highest BCUT2D eigenvalue weighted by molar-refractivity contribution is 7.99. The summed E-state index contributed by atoms with van der Waals surface area (Å²) in [7, 11) is 2.06. The third-order valence-electron chi connectivity index (χ3n) is 2.63. The molecule has 1 aromatic heterocycles. The molecule has 0 bridgehead atoms. The summed E-state index contributed by atoms with van der Waals surface area (Å²) in [5.41, 5.74) is 0. The molecule has 18 heavy (non-hydrogen) atoms. The lowest BCUT2D eigenvalue weighted by Gasteiger charge is -2.29. The number of hydrogen-bond donors (Lipinski definition) is 1. The van der Waals surface area contributed by atoms with E-state index < -0.39 is 5.97 Å². The van der Waals surface area contributed by atoms with Crippen molar-refractivity contribution in [1.82, 2.24) is 15.0 Å². The summed E-state index contributed by atoms with van der Waals surface area (Å²) < 4.78 is 5.14. The molecule has 1 aliphatic rings. The molecule has 6 nitrogen and oxygen atoms in total. The van der Waals surface area contributed by atoms with E-state index >= 15 is 0 Å². The summed E-state index contributed by atoms with van der Waals surface area (Å²) in [4.78, 5) is 16.9. The van der Waals surface area contributed by atoms with Crippen LogP contribution in [0.4, 0.5) is 0 Å². The van der Waals surface area contributed by atoms with E-state index in [-0.39, 0.29) is 11.8 Å². The third kappa shape index (κ3) is 3.63. The van der Waals surface area contributed by atoms with E-state index in [1.54, 1.807) is 0 Å². The van der Waals surface area contributed by atoms with Crippen molar-refractivity contribution < 1.29 is 14.4 Å². The van der Waals surface area contributed by atoms with E-state index in [1.165, 1.54) is 11.8 Å². The van der Waals surface area contributed by atoms with E-state index in [9.17, 15) is 4.79 Å². The van der Waals surface area contributed by atoms with Gasteiger partial charge in [-0.05, 0) is 7.05 Å². The second-order valence-corrected chi connectivity index (χ2v) is 6.14. The zero-order chi connectivity index (χ0) is 13.0. The average molecular weight is 289 g/mol. The molecule has 0 saturated carbocycles. The number of nitrogens with zero attached hydrogens (tertiary/aromatic N) is 3. The van der Waals surface area contributed by atoms with Gasteiger partial charge in [-0.25, -0.2) is 0 Å². The molecule has 2 heterocycles. The van der Waals surface area contributed by atoms with Gasteiger partial charge >= 0.3 is 5.97 Å². The highest BCUT2D eigenvalue weighted by Crippen LogP contribution is 2.26. The second kappa shape index (κ2) is 6.44. The Bertz CT molecular complexity index is 413. The first-order valence-electron chi connectivity index (χ1n) is 5.57. The zero-order valence-corrected chi connectivity index (χ0v) is 11.7. The summed E-state index contributed by atoms with van der Waals surface area (Å²) in [6.45, 7) is 1.02. The zero-order valence-electron chi connectivity index (χ0n) is 10.0. The summed E-state index contributed by atoms with van der Waals surface area (Å²) in [5, 5.41) is 12.5. The van der Waals surface area contributed by atoms with Gasteiger partial charge < -0.3 is 9.63 Å². The molecule has 8 heteroatoms. The lowest BCUT2D eigenvalue weighted by Crippen LogP contribution is -2.33. The Morgan fingerprint density at radius 1 is 1.72 bits per heavy atom. The van der Waals surface area contributed by atoms with Crippen molar-refractivity contribution in [2.75, 3.05) is 30.9 Å². The number of thioether (sulfide) groups is 2. The summed E-state index contributed by atoms with van der Waals surface area (Å²) in [5.74, 6) is 2.97. The van der Waals surface area contributed by atoms with Crippen molar-refractivity contribution in [3.63, 3.8) is 0 Å². The Kier molecular flexibility index (Phi) is 4.90. The van der Waals surface area contributed by atoms with Crippen molar-refractivity contribution in [3.8, 4) is 0 Å². The molecule has 1 aliphatic heterocycles. The molecule has 0 amide bonds. The van der Waals surface area contributed by atoms with Crippen molar-refractivity contribution in [2.24, 2.45) is 0 Å². The maximum Gasteiger partial charge on any atom is 0.313 e. The van der Waals surface area contributed by atoms with Gasteiger partial charge in [-0.2, -0.15) is 16.7 Å². The van der Waals surface area contributed by atoms with Crippen LogP contribution in [0.1, 0.15) is 17.8 Å². The highest BCUT2D eigenvalue weighted by atomic mass is 32.2. The topological polar surface area (TPSA) is 79.5 Å². The Morgan fingerprint density at radius 3 is 3.28 bits per heavy atom. The van der Waals surface area contributed by atoms with Crippen molar-refractivity contribution in [1.29, 1.82) is 0 Å². The Balaban J connectivity index is 1.90. The molecular formula is C10H15N3O3S2. The molecule has 0 spiro atoms. The minimum absolute atomic E-state index is 0.0525. The van der Waals surface area contributed by atoms with Crippen LogP contribution in [0, 0.1) is 0 Å². The van der Waals surface area contributed by atoms with Crippen LogP contribution in [0.25, 0.3) is 0 Å². The van der Waals surface area contributed by atoms with Gasteiger partial charge in [0.2, 0.25) is 5.89 Å². The average Bonchev–Trinajstić information content (AvgIpc) is 2.78. The van der Waals surface area contributed by atoms with Crippen LogP contribution in [0.2, 0.25) is 0 Å². The predicted octanol–water partition coefficient (Wildman–Crippen LogP) is 1.11. The molecule has 1 fully saturated rings. The fourth-order valence-electron chi connectivity index (χ4n) is 1.65. The van der Waals surface area contributed by atoms with Gasteiger partial charge in [-0.3, -0.25) is 9.69 Å². The van der Waals surface area contributed by atoms with Gasteiger partial charge in [0.25, 0.3) is 0 Å². The van der Waals surface area contributed by atoms with Gasteiger partial charge in [0.15, 0.2) is 5.82 Å². The predicted molar refractivity (Wildman–Crippen MR) is 70.8 cm³/mol. The van der Waals surface area contributed by atoms with Crippen molar-refractivity contribution >= 4 is 29.5 Å². The molecule has 1 saturated heterocycles. The number of carbonyl (C=O) groups is 1. The van der Waals surface area contributed by atoms with Crippen LogP contribution in [0.3, 0.4) is 0 Å². The van der Waals surface area contributed by atoms with Crippen molar-refractivity contribution in [2.45, 2.75) is 11.8 Å². The first-order valence-corrected chi connectivity index (χ1v) is 7.88. The van der Waals surface area contributed by atoms with Gasteiger partial charge in [0.05, 0.1) is 17.5 Å². The quantitative estimate of drug-likeness (QED) is 0.863. The largest absolute Gasteiger partial charge is 0.481 e. The fourth-order valence-corrected chi connectivity index (χ4v) is 3.43. The molecule has 1 unspecified atom stereocenters. The van der Waals surface area contributed by atoms with Gasteiger partial charge in [-0.15, -0.1) is 11.8 Å². The SMILES string of the molecule is CN1CCSCC1c1noc(CSCC(=O)O)n1. The smallest absolute Gasteiger partial charge is 0.313 e. The molecule has 100 valence electrons. The molecule has 0 aliphatic carbocycles. The number of hydrogen-bond acceptors (Lipinski definition) is 7. The number of aromatic nitrogens is 2. The molecule has 0 aromatic carbocycles. The van der Waals surface area contributed by atoms with E-state index in [0.717, 1.165) is 18.1 Å². The van der Waals surface area contributed by atoms with Crippen LogP contribution in [0.15, 0.2) is 4.52 Å². The molecule has 1 atom stereocenters. The van der Waals surface area contributed by atoms with Crippen LogP contribution >= 0.6 is 23.5 Å². The van der Waals surface area contributed by atoms with Crippen LogP contribution < -0.4 is 0 Å². The fraction of sp³-hybridized carbons (Fsp3) is 0.700. The summed E-state index contributed by atoms with van der Waals surface area (Å²) in [6, 6.07) is 0.200. The van der Waals surface area contributed by atoms with E-state index in [4.69, 9.17) is 9.63 Å². The second-order valence-electron chi connectivity index (χ2n) is 4.00. The molecule has 2 rings (SSSR count). The first kappa shape index (κ1) is 13.7. The van der Waals surface area contributed by atoms with Gasteiger partial charge in [0.1, 0.15) is 0 Å². The monoisotopic (exact) mass is 289 g/mol. The maximum atomic E-state index is 10.4. The Hall–Kier alpha value is -0.730. The lowest BCUT2D eigenvalue weighted by molar-refractivity contribution is -0.133. The van der Waals surface area contributed by atoms with Crippen molar-refractivity contribution in [3.05, 3.63) is 11.7 Å². The van der Waals surface area contributed by atoms with Gasteiger partial charge in [0, 0.05) is 18.1 Å². The number of carboxylic acids is 1. The standard InChI is InChI=1S/C10H15N3O3S2/c1-13-2-3-17-4-7(13)10-11-8(16-12-10)5-18-6-9(14)15/h7H,2-6H2,1H3,(H,14,15). The Morgan fingerprint density at radius 2 is 2.56 bits per heavy atom. The molecule has 1 N–H and O–H groups in total. The number of carboxylic acid groups (broad SMARTS) is 1. The number of rotatable bonds is 5. The lowest BCUT2D eigenvalue weighted by atomic mass is 10.3. The maximum absolute atomic E-state index is 10.4. The van der Waals surface area contributed by atoms with Crippen LogP contribution in [0.5, 0.6) is 0 Å². The minimum atomic E-state index is -0.830. The minimum Gasteiger partial charge on any atom is -0.481 e. The third-order valence-corrected chi connectivity index (χ3v) is 4.55. The Labute approximate surface area is 113 Å². The van der Waals surface area contributed by atoms with Crippen LogP contribution in [-0.4, -0.2) is 57.0 Å². The first-order chi connectivity index (χ1) is 8.66. The molecular weight excluding hydrogens is 274 g/mol. The summed E-state index contributed by atoms with van der Waals surface area (Å²) in [6.07, 6.45) is 0. The van der Waals surface area contributed by atoms with Crippen LogP contribution in [-0.2, 0) is 10.5 Å². The highest BCUT2D eigenvalue weighted by Gasteiger charge is 2.25. The van der Waals surface area contributed by atoms with E-state index in [1.807, 2.05) is 11.8 Å². The molecule has 1 aromatic rings. The molecule has 0 radical (unpaired) electrons. The summed E-state index contributed by atoms with van der Waals surface area (Å²) >= 11 is 3.15.